The number of nitrogens with one attached hydrogen (secondary N) is 1. The van der Waals surface area contributed by atoms with Gasteiger partial charge in [-0.25, -0.2) is 0 Å². The van der Waals surface area contributed by atoms with Crippen molar-refractivity contribution in [3.8, 4) is 0 Å². The average molecular weight is 284 g/mol. The second-order valence-electron chi connectivity index (χ2n) is 5.67. The summed E-state index contributed by atoms with van der Waals surface area (Å²) < 4.78 is 0. The van der Waals surface area contributed by atoms with Crippen molar-refractivity contribution in [1.82, 2.24) is 15.1 Å². The number of hydrogen-bond donors (Lipinski definition) is 2. The van der Waals surface area contributed by atoms with Crippen LogP contribution in [0.5, 0.6) is 0 Å². The molecule has 5 nitrogen and oxygen atoms in total. The first-order valence-corrected chi connectivity index (χ1v) is 7.30. The largest absolute Gasteiger partial charge is 0.399 e. The Hall–Kier alpha value is -2.30. The normalized spacial score (nSPS) is 18.7. The molecule has 0 saturated carbocycles. The van der Waals surface area contributed by atoms with Gasteiger partial charge in [0.15, 0.2) is 0 Å². The van der Waals surface area contributed by atoms with E-state index in [1.807, 2.05) is 30.0 Å². The molecule has 1 fully saturated rings. The van der Waals surface area contributed by atoms with Gasteiger partial charge in [-0.15, -0.1) is 0 Å². The molecule has 5 heteroatoms. The highest BCUT2D eigenvalue weighted by molar-refractivity contribution is 5.95. The second-order valence-corrected chi connectivity index (χ2v) is 5.67. The summed E-state index contributed by atoms with van der Waals surface area (Å²) in [5.74, 6) is 0.433. The topological polar surface area (TPSA) is 75.0 Å². The van der Waals surface area contributed by atoms with E-state index in [0.717, 1.165) is 42.9 Å². The number of nitrogens with two attached hydrogens (primary N) is 1. The van der Waals surface area contributed by atoms with Crippen molar-refractivity contribution >= 4 is 11.6 Å². The minimum atomic E-state index is 0.0855. The number of aryl methyl sites for hydroxylation is 1. The number of nitrogen functional groups attached to an aromatic ring is 1. The smallest absolute Gasteiger partial charge is 0.253 e. The number of aromatic amines is 1. The number of benzene rings is 1. The molecular formula is C16H20N4O. The number of hydrogen-bond acceptors (Lipinski definition) is 3. The summed E-state index contributed by atoms with van der Waals surface area (Å²) in [6, 6.07) is 7.48. The number of anilines is 1. The van der Waals surface area contributed by atoms with Crippen LogP contribution < -0.4 is 5.73 Å². The number of aromatic nitrogens is 2. The maximum atomic E-state index is 12.6. The predicted molar refractivity (Wildman–Crippen MR) is 82.1 cm³/mol. The van der Waals surface area contributed by atoms with Crippen molar-refractivity contribution in [2.24, 2.45) is 0 Å². The van der Waals surface area contributed by atoms with Crippen LogP contribution in [0.3, 0.4) is 0 Å². The zero-order chi connectivity index (χ0) is 14.8. The van der Waals surface area contributed by atoms with Crippen molar-refractivity contribution < 1.29 is 4.79 Å². The minimum Gasteiger partial charge on any atom is -0.399 e. The molecule has 2 aromatic rings. The van der Waals surface area contributed by atoms with Crippen LogP contribution in [-0.4, -0.2) is 34.1 Å². The highest BCUT2D eigenvalue weighted by Crippen LogP contribution is 2.26. The summed E-state index contributed by atoms with van der Waals surface area (Å²) >= 11 is 0. The molecule has 0 aliphatic carbocycles. The van der Waals surface area contributed by atoms with Crippen LogP contribution in [-0.2, 0) is 0 Å². The first-order valence-electron chi connectivity index (χ1n) is 7.30. The fraction of sp³-hybridized carbons (Fsp3) is 0.375. The summed E-state index contributed by atoms with van der Waals surface area (Å²) in [6.07, 6.45) is 3.87. The molecular weight excluding hydrogens is 264 g/mol. The van der Waals surface area contributed by atoms with Gasteiger partial charge < -0.3 is 10.6 Å². The molecule has 3 rings (SSSR count). The molecule has 3 N–H and O–H groups in total. The highest BCUT2D eigenvalue weighted by atomic mass is 16.2. The number of likely N-dealkylation sites (tertiary alicyclic amines) is 1. The van der Waals surface area contributed by atoms with E-state index in [1.54, 1.807) is 12.3 Å². The van der Waals surface area contributed by atoms with Crippen LogP contribution >= 0.6 is 0 Å². The number of amides is 1. The first-order chi connectivity index (χ1) is 10.1. The van der Waals surface area contributed by atoms with Gasteiger partial charge >= 0.3 is 0 Å². The zero-order valence-electron chi connectivity index (χ0n) is 12.2. The van der Waals surface area contributed by atoms with Gasteiger partial charge in [0.2, 0.25) is 0 Å². The number of piperidine rings is 1. The van der Waals surface area contributed by atoms with Gasteiger partial charge in [-0.1, -0.05) is 0 Å². The van der Waals surface area contributed by atoms with Crippen LogP contribution in [0.1, 0.15) is 40.4 Å². The van der Waals surface area contributed by atoms with Crippen LogP contribution in [0.4, 0.5) is 5.69 Å². The third-order valence-corrected chi connectivity index (χ3v) is 4.19. The van der Waals surface area contributed by atoms with Crippen molar-refractivity contribution in [2.75, 3.05) is 18.8 Å². The molecule has 0 radical (unpaired) electrons. The van der Waals surface area contributed by atoms with Gasteiger partial charge in [-0.05, 0) is 49.6 Å². The molecule has 1 aliphatic rings. The predicted octanol–water partition coefficient (Wildman–Crippen LogP) is 2.32. The average Bonchev–Trinajstić information content (AvgIpc) is 3.04. The SMILES string of the molecule is Cc1cc(C(=O)N2CCCC(c3ccn[nH]3)C2)ccc1N. The summed E-state index contributed by atoms with van der Waals surface area (Å²) in [7, 11) is 0. The first kappa shape index (κ1) is 13.7. The molecule has 1 aromatic carbocycles. The molecule has 1 aromatic heterocycles. The lowest BCUT2D eigenvalue weighted by Gasteiger charge is -2.32. The van der Waals surface area contributed by atoms with E-state index in [9.17, 15) is 4.79 Å². The minimum absolute atomic E-state index is 0.0855. The van der Waals surface area contributed by atoms with Gasteiger partial charge in [0, 0.05) is 42.1 Å². The Morgan fingerprint density at radius 2 is 2.29 bits per heavy atom. The molecule has 21 heavy (non-hydrogen) atoms. The number of rotatable bonds is 2. The Balaban J connectivity index is 1.76. The van der Waals surface area contributed by atoms with Crippen molar-refractivity contribution in [3.05, 3.63) is 47.3 Å². The molecule has 1 atom stereocenters. The lowest BCUT2D eigenvalue weighted by Crippen LogP contribution is -2.39. The van der Waals surface area contributed by atoms with Gasteiger partial charge in [0.05, 0.1) is 0 Å². The lowest BCUT2D eigenvalue weighted by atomic mass is 9.94. The van der Waals surface area contributed by atoms with E-state index in [2.05, 4.69) is 10.2 Å². The van der Waals surface area contributed by atoms with Gasteiger partial charge in [0.25, 0.3) is 5.91 Å². The Morgan fingerprint density at radius 3 is 3.00 bits per heavy atom. The Labute approximate surface area is 124 Å². The standard InChI is InChI=1S/C16H20N4O/c1-11-9-12(4-5-14(11)17)16(21)20-8-2-3-13(10-20)15-6-7-18-19-15/h4-7,9,13H,2-3,8,10,17H2,1H3,(H,18,19). The van der Waals surface area contributed by atoms with E-state index >= 15 is 0 Å². The number of H-pyrrole nitrogens is 1. The van der Waals surface area contributed by atoms with Crippen LogP contribution in [0.2, 0.25) is 0 Å². The fourth-order valence-corrected chi connectivity index (χ4v) is 2.90. The number of nitrogens with zero attached hydrogens (tertiary/aromatic N) is 2. The Morgan fingerprint density at radius 1 is 1.43 bits per heavy atom. The molecule has 0 spiro atoms. The van der Waals surface area contributed by atoms with Crippen molar-refractivity contribution in [3.63, 3.8) is 0 Å². The molecule has 110 valence electrons. The summed E-state index contributed by atoms with van der Waals surface area (Å²) in [5.41, 5.74) is 9.31. The molecule has 0 bridgehead atoms. The Kier molecular flexibility index (Phi) is 3.64. The maximum Gasteiger partial charge on any atom is 0.253 e. The van der Waals surface area contributed by atoms with E-state index in [0.29, 0.717) is 11.5 Å². The number of carbonyl (C=O) groups is 1. The third kappa shape index (κ3) is 2.77. The van der Waals surface area contributed by atoms with E-state index in [4.69, 9.17) is 5.73 Å². The lowest BCUT2D eigenvalue weighted by molar-refractivity contribution is 0.0706. The fourth-order valence-electron chi connectivity index (χ4n) is 2.90. The van der Waals surface area contributed by atoms with Crippen LogP contribution in [0.25, 0.3) is 0 Å². The van der Waals surface area contributed by atoms with Gasteiger partial charge in [-0.3, -0.25) is 9.89 Å². The van der Waals surface area contributed by atoms with Crippen molar-refractivity contribution in [1.29, 1.82) is 0 Å². The summed E-state index contributed by atoms with van der Waals surface area (Å²) in [5, 5.41) is 7.02. The zero-order valence-corrected chi connectivity index (χ0v) is 12.2. The second kappa shape index (κ2) is 5.60. The van der Waals surface area contributed by atoms with Crippen LogP contribution in [0.15, 0.2) is 30.5 Å². The molecule has 1 unspecified atom stereocenters. The summed E-state index contributed by atoms with van der Waals surface area (Å²) in [6.45, 7) is 3.48. The van der Waals surface area contributed by atoms with E-state index < -0.39 is 0 Å². The van der Waals surface area contributed by atoms with Crippen molar-refractivity contribution in [2.45, 2.75) is 25.7 Å². The van der Waals surface area contributed by atoms with E-state index in [-0.39, 0.29) is 5.91 Å². The van der Waals surface area contributed by atoms with Gasteiger partial charge in [0.1, 0.15) is 0 Å². The molecule has 2 heterocycles. The van der Waals surface area contributed by atoms with Gasteiger partial charge in [-0.2, -0.15) is 5.10 Å². The molecule has 1 amide bonds. The monoisotopic (exact) mass is 284 g/mol. The Bertz CT molecular complexity index is 636. The van der Waals surface area contributed by atoms with E-state index in [1.165, 1.54) is 0 Å². The van der Waals surface area contributed by atoms with Crippen LogP contribution in [0, 0.1) is 6.92 Å². The quantitative estimate of drug-likeness (QED) is 0.831. The number of carbonyl (C=O) groups excluding carboxylic acids is 1. The third-order valence-electron chi connectivity index (χ3n) is 4.19. The molecule has 1 aliphatic heterocycles. The maximum absolute atomic E-state index is 12.6. The highest BCUT2D eigenvalue weighted by Gasteiger charge is 2.26. The summed E-state index contributed by atoms with van der Waals surface area (Å²) in [4.78, 5) is 14.6. The molecule has 1 saturated heterocycles.